The normalized spacial score (nSPS) is 20.6. The molecular weight excluding hydrogens is 289 g/mol. The molecule has 9 heteroatoms. The molecule has 0 bridgehead atoms. The monoisotopic (exact) mass is 303 g/mol. The molecule has 1 saturated heterocycles. The second-order valence-electron chi connectivity index (χ2n) is 4.49. The molecule has 0 amide bonds. The van der Waals surface area contributed by atoms with Crippen molar-refractivity contribution in [1.82, 2.24) is 9.29 Å². The second kappa shape index (κ2) is 5.71. The van der Waals surface area contributed by atoms with Gasteiger partial charge in [0, 0.05) is 13.1 Å². The Morgan fingerprint density at radius 2 is 2.25 bits per heavy atom. The van der Waals surface area contributed by atoms with Gasteiger partial charge in [-0.05, 0) is 25.0 Å². The first kappa shape index (κ1) is 14.7. The van der Waals surface area contributed by atoms with Crippen molar-refractivity contribution < 1.29 is 22.7 Å². The van der Waals surface area contributed by atoms with Gasteiger partial charge < -0.3 is 5.11 Å². The van der Waals surface area contributed by atoms with Crippen molar-refractivity contribution in [3.8, 4) is 0 Å². The zero-order chi connectivity index (χ0) is 14.8. The van der Waals surface area contributed by atoms with E-state index in [2.05, 4.69) is 9.71 Å². The van der Waals surface area contributed by atoms with Gasteiger partial charge in [-0.2, -0.15) is 17.1 Å². The highest BCUT2D eigenvalue weighted by Gasteiger charge is 2.32. The number of anilines is 1. The smallest absolute Gasteiger partial charge is 0.307 e. The lowest BCUT2D eigenvalue weighted by Gasteiger charge is -2.29. The molecule has 1 aromatic heterocycles. The lowest BCUT2D eigenvalue weighted by atomic mass is 10.0. The van der Waals surface area contributed by atoms with Gasteiger partial charge in [0.1, 0.15) is 5.82 Å². The van der Waals surface area contributed by atoms with Crippen LogP contribution in [-0.4, -0.2) is 41.9 Å². The van der Waals surface area contributed by atoms with Crippen LogP contribution >= 0.6 is 0 Å². The van der Waals surface area contributed by atoms with Crippen molar-refractivity contribution >= 4 is 22.0 Å². The van der Waals surface area contributed by atoms with Crippen LogP contribution in [0.4, 0.5) is 10.2 Å². The lowest BCUT2D eigenvalue weighted by molar-refractivity contribution is -0.142. The first-order valence-corrected chi connectivity index (χ1v) is 7.46. The summed E-state index contributed by atoms with van der Waals surface area (Å²) in [6.07, 6.45) is 0.911. The van der Waals surface area contributed by atoms with Crippen LogP contribution in [0.2, 0.25) is 0 Å². The number of hydrogen-bond donors (Lipinski definition) is 2. The van der Waals surface area contributed by atoms with Gasteiger partial charge in [-0.3, -0.25) is 9.52 Å². The summed E-state index contributed by atoms with van der Waals surface area (Å²) >= 11 is 0. The fourth-order valence-electron chi connectivity index (χ4n) is 2.02. The zero-order valence-corrected chi connectivity index (χ0v) is 11.3. The van der Waals surface area contributed by atoms with Gasteiger partial charge >= 0.3 is 16.2 Å². The van der Waals surface area contributed by atoms with Crippen molar-refractivity contribution in [3.63, 3.8) is 0 Å². The Bertz CT molecular complexity index is 607. The van der Waals surface area contributed by atoms with Crippen LogP contribution < -0.4 is 4.72 Å². The highest BCUT2D eigenvalue weighted by molar-refractivity contribution is 7.90. The van der Waals surface area contributed by atoms with Gasteiger partial charge in [0.05, 0.1) is 5.92 Å². The maximum Gasteiger partial charge on any atom is 0.307 e. The number of piperidine rings is 1. The van der Waals surface area contributed by atoms with E-state index in [1.807, 2.05) is 0 Å². The summed E-state index contributed by atoms with van der Waals surface area (Å²) in [5.41, 5.74) is 0. The minimum Gasteiger partial charge on any atom is -0.481 e. The van der Waals surface area contributed by atoms with Gasteiger partial charge in [0.2, 0.25) is 5.95 Å². The number of aromatic nitrogens is 1. The van der Waals surface area contributed by atoms with Crippen LogP contribution in [0.3, 0.4) is 0 Å². The van der Waals surface area contributed by atoms with E-state index in [0.717, 1.165) is 10.4 Å². The molecule has 0 aromatic carbocycles. The minimum atomic E-state index is -3.93. The number of rotatable bonds is 4. The van der Waals surface area contributed by atoms with Gasteiger partial charge in [0.25, 0.3) is 0 Å². The summed E-state index contributed by atoms with van der Waals surface area (Å²) < 4.78 is 40.3. The minimum absolute atomic E-state index is 0.0972. The van der Waals surface area contributed by atoms with E-state index in [1.54, 1.807) is 0 Å². The summed E-state index contributed by atoms with van der Waals surface area (Å²) in [6.45, 7) is 0.133. The zero-order valence-electron chi connectivity index (χ0n) is 10.5. The molecular formula is C11H14FN3O4S. The fraction of sp³-hybridized carbons (Fsp3) is 0.455. The molecule has 110 valence electrons. The molecule has 1 aliphatic heterocycles. The van der Waals surface area contributed by atoms with Crippen LogP contribution in [0.25, 0.3) is 0 Å². The van der Waals surface area contributed by atoms with E-state index in [-0.39, 0.29) is 18.9 Å². The number of halogens is 1. The van der Waals surface area contributed by atoms with Crippen LogP contribution in [0, 0.1) is 11.9 Å². The lowest BCUT2D eigenvalue weighted by Crippen LogP contribution is -2.44. The molecule has 1 fully saturated rings. The van der Waals surface area contributed by atoms with Crippen LogP contribution in [0.15, 0.2) is 18.2 Å². The van der Waals surface area contributed by atoms with Crippen molar-refractivity contribution in [1.29, 1.82) is 0 Å². The standard InChI is InChI=1S/C11H14FN3O4S/c12-9-4-1-5-10(13-9)14-20(18,19)15-6-2-3-8(7-15)11(16)17/h1,4-5,8H,2-3,6-7H2,(H,13,14)(H,16,17). The van der Waals surface area contributed by atoms with Gasteiger partial charge in [-0.15, -0.1) is 0 Å². The molecule has 0 radical (unpaired) electrons. The van der Waals surface area contributed by atoms with Crippen LogP contribution in [-0.2, 0) is 15.0 Å². The fourth-order valence-corrected chi connectivity index (χ4v) is 3.28. The molecule has 0 saturated carbocycles. The number of nitrogens with zero attached hydrogens (tertiary/aromatic N) is 2. The average Bonchev–Trinajstić information content (AvgIpc) is 2.38. The van der Waals surface area contributed by atoms with Crippen LogP contribution in [0.5, 0.6) is 0 Å². The Morgan fingerprint density at radius 3 is 2.90 bits per heavy atom. The summed E-state index contributed by atoms with van der Waals surface area (Å²) in [5, 5.41) is 8.94. The van der Waals surface area contributed by atoms with E-state index in [9.17, 15) is 17.6 Å². The molecule has 1 unspecified atom stereocenters. The first-order valence-electron chi connectivity index (χ1n) is 6.02. The van der Waals surface area contributed by atoms with E-state index < -0.39 is 28.0 Å². The Kier molecular flexibility index (Phi) is 4.19. The summed E-state index contributed by atoms with van der Waals surface area (Å²) in [5.74, 6) is -2.68. The van der Waals surface area contributed by atoms with Crippen molar-refractivity contribution in [2.45, 2.75) is 12.8 Å². The number of pyridine rings is 1. The molecule has 0 aliphatic carbocycles. The number of hydrogen-bond acceptors (Lipinski definition) is 4. The van der Waals surface area contributed by atoms with E-state index in [4.69, 9.17) is 5.11 Å². The quantitative estimate of drug-likeness (QED) is 0.797. The van der Waals surface area contributed by atoms with E-state index in [0.29, 0.717) is 12.8 Å². The predicted octanol–water partition coefficient (Wildman–Crippen LogP) is 0.674. The number of carboxylic acids is 1. The molecule has 7 nitrogen and oxygen atoms in total. The summed E-state index contributed by atoms with van der Waals surface area (Å²) in [7, 11) is -3.93. The third-order valence-electron chi connectivity index (χ3n) is 3.02. The third kappa shape index (κ3) is 3.42. The topological polar surface area (TPSA) is 99.6 Å². The molecule has 1 aromatic rings. The van der Waals surface area contributed by atoms with Gasteiger partial charge in [-0.25, -0.2) is 4.98 Å². The highest BCUT2D eigenvalue weighted by atomic mass is 32.2. The van der Waals surface area contributed by atoms with Crippen molar-refractivity contribution in [3.05, 3.63) is 24.1 Å². The van der Waals surface area contributed by atoms with E-state index >= 15 is 0 Å². The van der Waals surface area contributed by atoms with Gasteiger partial charge in [0.15, 0.2) is 0 Å². The number of carboxylic acid groups (broad SMARTS) is 1. The average molecular weight is 303 g/mol. The second-order valence-corrected chi connectivity index (χ2v) is 6.16. The number of nitrogens with one attached hydrogen (secondary N) is 1. The SMILES string of the molecule is O=C(O)C1CCCN(S(=O)(=O)Nc2cccc(F)n2)C1. The molecule has 1 atom stereocenters. The first-order chi connectivity index (χ1) is 9.38. The molecule has 2 heterocycles. The predicted molar refractivity (Wildman–Crippen MR) is 68.7 cm³/mol. The highest BCUT2D eigenvalue weighted by Crippen LogP contribution is 2.20. The molecule has 1 aliphatic rings. The molecule has 20 heavy (non-hydrogen) atoms. The Morgan fingerprint density at radius 1 is 1.50 bits per heavy atom. The van der Waals surface area contributed by atoms with Gasteiger partial charge in [-0.1, -0.05) is 6.07 Å². The van der Waals surface area contributed by atoms with E-state index in [1.165, 1.54) is 12.1 Å². The molecule has 0 spiro atoms. The Hall–Kier alpha value is -1.74. The Balaban J connectivity index is 2.12. The molecule has 2 N–H and O–H groups in total. The van der Waals surface area contributed by atoms with Crippen LogP contribution in [0.1, 0.15) is 12.8 Å². The van der Waals surface area contributed by atoms with Crippen molar-refractivity contribution in [2.75, 3.05) is 17.8 Å². The number of carbonyl (C=O) groups is 1. The third-order valence-corrected chi connectivity index (χ3v) is 4.50. The largest absolute Gasteiger partial charge is 0.481 e. The maximum atomic E-state index is 12.9. The maximum absolute atomic E-state index is 12.9. The number of aliphatic carboxylic acids is 1. The molecule has 2 rings (SSSR count). The van der Waals surface area contributed by atoms with Crippen molar-refractivity contribution in [2.24, 2.45) is 5.92 Å². The Labute approximate surface area is 115 Å². The summed E-state index contributed by atoms with van der Waals surface area (Å²) in [6, 6.07) is 3.74. The summed E-state index contributed by atoms with van der Waals surface area (Å²) in [4.78, 5) is 14.3.